The summed E-state index contributed by atoms with van der Waals surface area (Å²) >= 11 is 0. The second kappa shape index (κ2) is 12.3. The first kappa shape index (κ1) is 26.2. The predicted octanol–water partition coefficient (Wildman–Crippen LogP) is 3.36. The summed E-state index contributed by atoms with van der Waals surface area (Å²) in [4.78, 5) is 28.3. The average molecular weight is 487 g/mol. The SMILES string of the molecule is COCCCNC(=O)C1CCC(=O)N(c2cc(OC)c(OC)c(OC)c2)C1c1ccc(OC)cc1. The maximum absolute atomic E-state index is 13.4. The van der Waals surface area contributed by atoms with Gasteiger partial charge in [-0.05, 0) is 30.5 Å². The van der Waals surface area contributed by atoms with E-state index in [1.54, 1.807) is 31.3 Å². The van der Waals surface area contributed by atoms with E-state index in [9.17, 15) is 9.59 Å². The highest BCUT2D eigenvalue weighted by atomic mass is 16.5. The lowest BCUT2D eigenvalue weighted by Gasteiger charge is -2.41. The maximum Gasteiger partial charge on any atom is 0.227 e. The number of ether oxygens (including phenoxy) is 5. The number of rotatable bonds is 11. The van der Waals surface area contributed by atoms with Crippen molar-refractivity contribution in [3.8, 4) is 23.0 Å². The lowest BCUT2D eigenvalue weighted by molar-refractivity contribution is -0.129. The van der Waals surface area contributed by atoms with Crippen LogP contribution in [0.1, 0.15) is 30.9 Å². The molecule has 0 saturated carbocycles. The number of anilines is 1. The van der Waals surface area contributed by atoms with E-state index in [2.05, 4.69) is 5.32 Å². The van der Waals surface area contributed by atoms with E-state index in [1.807, 2.05) is 24.3 Å². The normalized spacial score (nSPS) is 17.6. The molecule has 2 amide bonds. The third-order valence-corrected chi connectivity index (χ3v) is 6.14. The lowest BCUT2D eigenvalue weighted by Crippen LogP contribution is -2.48. The van der Waals surface area contributed by atoms with E-state index in [4.69, 9.17) is 23.7 Å². The molecule has 0 aromatic heterocycles. The zero-order valence-electron chi connectivity index (χ0n) is 21.0. The molecule has 1 saturated heterocycles. The van der Waals surface area contributed by atoms with Gasteiger partial charge < -0.3 is 33.9 Å². The van der Waals surface area contributed by atoms with E-state index in [1.165, 1.54) is 21.3 Å². The van der Waals surface area contributed by atoms with Crippen LogP contribution in [0.4, 0.5) is 5.69 Å². The van der Waals surface area contributed by atoms with Gasteiger partial charge in [-0.25, -0.2) is 0 Å². The Labute approximate surface area is 206 Å². The lowest BCUT2D eigenvalue weighted by atomic mass is 9.83. The van der Waals surface area contributed by atoms with Gasteiger partial charge in [-0.2, -0.15) is 0 Å². The van der Waals surface area contributed by atoms with E-state index < -0.39 is 12.0 Å². The molecule has 35 heavy (non-hydrogen) atoms. The molecule has 2 aromatic carbocycles. The largest absolute Gasteiger partial charge is 0.497 e. The molecule has 2 unspecified atom stereocenters. The first-order valence-electron chi connectivity index (χ1n) is 11.5. The van der Waals surface area contributed by atoms with E-state index in [-0.39, 0.29) is 18.2 Å². The smallest absolute Gasteiger partial charge is 0.227 e. The summed E-state index contributed by atoms with van der Waals surface area (Å²) in [6, 6.07) is 10.4. The quantitative estimate of drug-likeness (QED) is 0.487. The van der Waals surface area contributed by atoms with Crippen LogP contribution in [-0.4, -0.2) is 60.5 Å². The van der Waals surface area contributed by atoms with Crippen molar-refractivity contribution in [2.75, 3.05) is 53.6 Å². The molecule has 0 aliphatic carbocycles. The molecule has 9 heteroatoms. The van der Waals surface area contributed by atoms with Gasteiger partial charge in [-0.15, -0.1) is 0 Å². The van der Waals surface area contributed by atoms with E-state index >= 15 is 0 Å². The number of carbonyl (C=O) groups excluding carboxylic acids is 2. The molecule has 3 rings (SSSR count). The Morgan fingerprint density at radius 3 is 2.17 bits per heavy atom. The van der Waals surface area contributed by atoms with Crippen LogP contribution in [0.15, 0.2) is 36.4 Å². The Kier molecular flexibility index (Phi) is 9.19. The number of carbonyl (C=O) groups is 2. The number of methoxy groups -OCH3 is 5. The monoisotopic (exact) mass is 486 g/mol. The average Bonchev–Trinajstić information content (AvgIpc) is 2.89. The van der Waals surface area contributed by atoms with Crippen LogP contribution >= 0.6 is 0 Å². The number of nitrogens with zero attached hydrogens (tertiary/aromatic N) is 1. The van der Waals surface area contributed by atoms with Gasteiger partial charge in [0.2, 0.25) is 17.6 Å². The molecular formula is C26H34N2O7. The van der Waals surface area contributed by atoms with Crippen LogP contribution in [0.25, 0.3) is 0 Å². The van der Waals surface area contributed by atoms with Gasteiger partial charge in [0.05, 0.1) is 46.1 Å². The Morgan fingerprint density at radius 2 is 1.63 bits per heavy atom. The van der Waals surface area contributed by atoms with Gasteiger partial charge in [0.1, 0.15) is 5.75 Å². The van der Waals surface area contributed by atoms with Gasteiger partial charge in [0, 0.05) is 38.8 Å². The minimum Gasteiger partial charge on any atom is -0.497 e. The maximum atomic E-state index is 13.4. The number of nitrogens with one attached hydrogen (secondary N) is 1. The number of benzene rings is 2. The van der Waals surface area contributed by atoms with Gasteiger partial charge in [-0.3, -0.25) is 9.59 Å². The summed E-state index contributed by atoms with van der Waals surface area (Å²) in [6.45, 7) is 1.06. The summed E-state index contributed by atoms with van der Waals surface area (Å²) in [5, 5.41) is 3.01. The van der Waals surface area contributed by atoms with E-state index in [0.29, 0.717) is 54.7 Å². The summed E-state index contributed by atoms with van der Waals surface area (Å²) in [5.74, 6) is 1.31. The van der Waals surface area contributed by atoms with Crippen molar-refractivity contribution in [3.05, 3.63) is 42.0 Å². The first-order chi connectivity index (χ1) is 17.0. The summed E-state index contributed by atoms with van der Waals surface area (Å²) in [5.41, 5.74) is 1.38. The zero-order valence-corrected chi connectivity index (χ0v) is 21.0. The molecule has 0 radical (unpaired) electrons. The summed E-state index contributed by atoms with van der Waals surface area (Å²) < 4.78 is 26.9. The number of hydrogen-bond donors (Lipinski definition) is 1. The van der Waals surface area contributed by atoms with Crippen LogP contribution in [0.5, 0.6) is 23.0 Å². The highest BCUT2D eigenvalue weighted by Gasteiger charge is 2.42. The Morgan fingerprint density at radius 1 is 0.971 bits per heavy atom. The Bertz CT molecular complexity index is 984. The molecule has 1 N–H and O–H groups in total. The van der Waals surface area contributed by atoms with E-state index in [0.717, 1.165) is 5.56 Å². The molecule has 9 nitrogen and oxygen atoms in total. The van der Waals surface area contributed by atoms with Crippen LogP contribution in [0.2, 0.25) is 0 Å². The highest BCUT2D eigenvalue weighted by Crippen LogP contribution is 2.46. The molecular weight excluding hydrogens is 452 g/mol. The summed E-state index contributed by atoms with van der Waals surface area (Å²) in [6.07, 6.45) is 1.38. The second-order valence-corrected chi connectivity index (χ2v) is 8.15. The molecule has 1 aliphatic rings. The molecule has 1 aliphatic heterocycles. The van der Waals surface area contributed by atoms with Crippen LogP contribution < -0.4 is 29.2 Å². The van der Waals surface area contributed by atoms with Crippen molar-refractivity contribution in [3.63, 3.8) is 0 Å². The molecule has 0 spiro atoms. The molecule has 2 atom stereocenters. The number of amides is 2. The van der Waals surface area contributed by atoms with Gasteiger partial charge >= 0.3 is 0 Å². The first-order valence-corrected chi connectivity index (χ1v) is 11.5. The highest BCUT2D eigenvalue weighted by molar-refractivity contribution is 5.98. The standard InChI is InChI=1S/C26H34N2O7/c1-31-14-6-13-27-26(30)20-11-12-23(29)28(24(20)17-7-9-19(32-2)10-8-17)18-15-21(33-3)25(35-5)22(16-18)34-4/h7-10,15-16,20,24H,6,11-14H2,1-5H3,(H,27,30). The fourth-order valence-corrected chi connectivity index (χ4v) is 4.42. The van der Waals surface area contributed by atoms with Crippen molar-refractivity contribution < 1.29 is 33.3 Å². The van der Waals surface area contributed by atoms with Crippen molar-refractivity contribution >= 4 is 17.5 Å². The van der Waals surface area contributed by atoms with Crippen molar-refractivity contribution in [2.24, 2.45) is 5.92 Å². The van der Waals surface area contributed by atoms with Crippen molar-refractivity contribution in [2.45, 2.75) is 25.3 Å². The molecule has 2 aromatic rings. The number of hydrogen-bond acceptors (Lipinski definition) is 7. The minimum atomic E-state index is -0.535. The van der Waals surface area contributed by atoms with Crippen molar-refractivity contribution in [1.82, 2.24) is 5.32 Å². The zero-order chi connectivity index (χ0) is 25.4. The van der Waals surface area contributed by atoms with Gasteiger partial charge in [0.15, 0.2) is 11.5 Å². The fourth-order valence-electron chi connectivity index (χ4n) is 4.42. The third kappa shape index (κ3) is 5.79. The molecule has 190 valence electrons. The van der Waals surface area contributed by atoms with Crippen molar-refractivity contribution in [1.29, 1.82) is 0 Å². The molecule has 0 bridgehead atoms. The van der Waals surface area contributed by atoms with Crippen LogP contribution in [-0.2, 0) is 14.3 Å². The summed E-state index contributed by atoms with van der Waals surface area (Å²) in [7, 11) is 7.80. The Balaban J connectivity index is 2.07. The van der Waals surface area contributed by atoms with Crippen LogP contribution in [0, 0.1) is 5.92 Å². The molecule has 1 heterocycles. The predicted molar refractivity (Wildman–Crippen MR) is 132 cm³/mol. The number of piperidine rings is 1. The van der Waals surface area contributed by atoms with Crippen LogP contribution in [0.3, 0.4) is 0 Å². The minimum absolute atomic E-state index is 0.0940. The Hall–Kier alpha value is -3.46. The fraction of sp³-hybridized carbons (Fsp3) is 0.462. The van der Waals surface area contributed by atoms with Gasteiger partial charge in [0.25, 0.3) is 0 Å². The third-order valence-electron chi connectivity index (χ3n) is 6.14. The molecule has 1 fully saturated rings. The van der Waals surface area contributed by atoms with Gasteiger partial charge in [-0.1, -0.05) is 12.1 Å². The topological polar surface area (TPSA) is 95.6 Å². The second-order valence-electron chi connectivity index (χ2n) is 8.15.